The maximum atomic E-state index is 6.40. The van der Waals surface area contributed by atoms with E-state index in [0.717, 1.165) is 19.5 Å². The zero-order valence-corrected chi connectivity index (χ0v) is 8.87. The fourth-order valence-electron chi connectivity index (χ4n) is 3.12. The number of fused-ring (bicyclic) bond motifs is 1. The summed E-state index contributed by atoms with van der Waals surface area (Å²) in [4.78, 5) is 4.20. The first kappa shape index (κ1) is 9.31. The maximum Gasteiger partial charge on any atom is 0.0360 e. The molecule has 1 atom stereocenters. The Morgan fingerprint density at radius 1 is 1.40 bits per heavy atom. The van der Waals surface area contributed by atoms with E-state index in [9.17, 15) is 0 Å². The molecule has 1 saturated heterocycles. The lowest BCUT2D eigenvalue weighted by molar-refractivity contribution is 0.174. The molecule has 0 bridgehead atoms. The summed E-state index contributed by atoms with van der Waals surface area (Å²) in [6.07, 6.45) is 7.37. The first-order valence-electron chi connectivity index (χ1n) is 5.71. The molecule has 1 fully saturated rings. The van der Waals surface area contributed by atoms with E-state index in [1.54, 1.807) is 0 Å². The lowest BCUT2D eigenvalue weighted by Gasteiger charge is -2.37. The quantitative estimate of drug-likeness (QED) is 0.661. The van der Waals surface area contributed by atoms with Crippen molar-refractivity contribution in [2.45, 2.75) is 25.3 Å². The van der Waals surface area contributed by atoms with Crippen molar-refractivity contribution < 1.29 is 0 Å². The molecular weight excluding hydrogens is 186 g/mol. The van der Waals surface area contributed by atoms with Crippen LogP contribution in [0.4, 0.5) is 0 Å². The number of aromatic nitrogens is 1. The van der Waals surface area contributed by atoms with Crippen LogP contribution in [0.5, 0.6) is 0 Å². The molecule has 3 rings (SSSR count). The van der Waals surface area contributed by atoms with Crippen LogP contribution in [0.25, 0.3) is 0 Å². The molecule has 3 nitrogen and oxygen atoms in total. The molecule has 1 spiro atoms. The molecule has 3 N–H and O–H groups in total. The highest BCUT2D eigenvalue weighted by molar-refractivity contribution is 5.35. The van der Waals surface area contributed by atoms with Gasteiger partial charge in [-0.2, -0.15) is 0 Å². The minimum Gasteiger partial charge on any atom is -0.323 e. The molecule has 1 aliphatic heterocycles. The van der Waals surface area contributed by atoms with Crippen molar-refractivity contribution in [3.05, 3.63) is 29.6 Å². The summed E-state index contributed by atoms with van der Waals surface area (Å²) in [5.41, 5.74) is 9.41. The number of nitrogens with zero attached hydrogens (tertiary/aromatic N) is 1. The molecule has 1 aliphatic carbocycles. The Kier molecular flexibility index (Phi) is 2.04. The number of pyridine rings is 1. The van der Waals surface area contributed by atoms with Gasteiger partial charge in [0.15, 0.2) is 0 Å². The summed E-state index contributed by atoms with van der Waals surface area (Å²) >= 11 is 0. The van der Waals surface area contributed by atoms with Crippen molar-refractivity contribution in [3.8, 4) is 0 Å². The predicted molar refractivity (Wildman–Crippen MR) is 59.4 cm³/mol. The fraction of sp³-hybridized carbons (Fsp3) is 0.583. The van der Waals surface area contributed by atoms with Crippen LogP contribution < -0.4 is 11.1 Å². The first-order valence-corrected chi connectivity index (χ1v) is 5.71. The molecule has 2 aliphatic rings. The number of rotatable bonds is 0. The zero-order valence-electron chi connectivity index (χ0n) is 8.87. The summed E-state index contributed by atoms with van der Waals surface area (Å²) < 4.78 is 0. The lowest BCUT2D eigenvalue weighted by Crippen LogP contribution is -2.41. The van der Waals surface area contributed by atoms with E-state index in [0.29, 0.717) is 5.41 Å². The second-order valence-electron chi connectivity index (χ2n) is 4.84. The summed E-state index contributed by atoms with van der Waals surface area (Å²) in [5.74, 6) is 0. The highest BCUT2D eigenvalue weighted by atomic mass is 14.9. The van der Waals surface area contributed by atoms with Gasteiger partial charge in [-0.25, -0.2) is 0 Å². The summed E-state index contributed by atoms with van der Waals surface area (Å²) in [6, 6.07) is 2.31. The second kappa shape index (κ2) is 3.29. The van der Waals surface area contributed by atoms with Crippen molar-refractivity contribution >= 4 is 0 Å². The van der Waals surface area contributed by atoms with Gasteiger partial charge in [0.05, 0.1) is 0 Å². The van der Waals surface area contributed by atoms with Gasteiger partial charge in [-0.15, -0.1) is 0 Å². The van der Waals surface area contributed by atoms with E-state index in [4.69, 9.17) is 5.73 Å². The van der Waals surface area contributed by atoms with Crippen molar-refractivity contribution in [1.82, 2.24) is 10.3 Å². The molecule has 1 unspecified atom stereocenters. The van der Waals surface area contributed by atoms with Crippen LogP contribution in [0.2, 0.25) is 0 Å². The number of nitrogens with one attached hydrogen (secondary N) is 1. The molecule has 15 heavy (non-hydrogen) atoms. The summed E-state index contributed by atoms with van der Waals surface area (Å²) in [7, 11) is 0. The Balaban J connectivity index is 1.98. The van der Waals surface area contributed by atoms with Crippen LogP contribution in [0.3, 0.4) is 0 Å². The third-order valence-corrected chi connectivity index (χ3v) is 4.08. The first-order chi connectivity index (χ1) is 7.32. The number of hydrogen-bond acceptors (Lipinski definition) is 3. The molecular formula is C12H17N3. The van der Waals surface area contributed by atoms with Crippen LogP contribution in [0, 0.1) is 5.41 Å². The van der Waals surface area contributed by atoms with Crippen LogP contribution in [0.1, 0.15) is 30.0 Å². The van der Waals surface area contributed by atoms with E-state index in [1.807, 2.05) is 12.4 Å². The van der Waals surface area contributed by atoms with Gasteiger partial charge in [-0.05, 0) is 55.0 Å². The Morgan fingerprint density at radius 2 is 2.20 bits per heavy atom. The van der Waals surface area contributed by atoms with Crippen LogP contribution >= 0.6 is 0 Å². The van der Waals surface area contributed by atoms with E-state index < -0.39 is 0 Å². The van der Waals surface area contributed by atoms with Crippen LogP contribution in [-0.2, 0) is 6.42 Å². The Labute approximate surface area is 90.1 Å². The number of piperidine rings is 1. The van der Waals surface area contributed by atoms with Crippen LogP contribution in [0.15, 0.2) is 18.5 Å². The molecule has 80 valence electrons. The largest absolute Gasteiger partial charge is 0.323 e. The predicted octanol–water partition coefficient (Wildman–Crippen LogP) is 1.01. The van der Waals surface area contributed by atoms with Gasteiger partial charge in [0.2, 0.25) is 0 Å². The third-order valence-electron chi connectivity index (χ3n) is 4.08. The fourth-order valence-corrected chi connectivity index (χ4v) is 3.12. The Morgan fingerprint density at radius 3 is 2.93 bits per heavy atom. The SMILES string of the molecule is NC1c2ccncc2CC12CCNCC2. The van der Waals surface area contributed by atoms with E-state index in [-0.39, 0.29) is 6.04 Å². The molecule has 1 aromatic heterocycles. The number of hydrogen-bond donors (Lipinski definition) is 2. The van der Waals surface area contributed by atoms with E-state index in [2.05, 4.69) is 16.4 Å². The second-order valence-corrected chi connectivity index (χ2v) is 4.84. The minimum atomic E-state index is 0.220. The molecule has 1 aromatic rings. The Bertz CT molecular complexity index is 369. The molecule has 2 heterocycles. The maximum absolute atomic E-state index is 6.40. The van der Waals surface area contributed by atoms with E-state index in [1.165, 1.54) is 24.0 Å². The van der Waals surface area contributed by atoms with Crippen molar-refractivity contribution in [2.75, 3.05) is 13.1 Å². The van der Waals surface area contributed by atoms with Gasteiger partial charge < -0.3 is 11.1 Å². The topological polar surface area (TPSA) is 50.9 Å². The number of nitrogens with two attached hydrogens (primary N) is 1. The molecule has 0 aromatic carbocycles. The highest BCUT2D eigenvalue weighted by Gasteiger charge is 2.44. The minimum absolute atomic E-state index is 0.220. The lowest BCUT2D eigenvalue weighted by atomic mass is 9.73. The van der Waals surface area contributed by atoms with Crippen LogP contribution in [-0.4, -0.2) is 18.1 Å². The van der Waals surface area contributed by atoms with Gasteiger partial charge in [-0.1, -0.05) is 0 Å². The molecule has 0 amide bonds. The third kappa shape index (κ3) is 1.30. The van der Waals surface area contributed by atoms with E-state index >= 15 is 0 Å². The highest BCUT2D eigenvalue weighted by Crippen LogP contribution is 2.49. The van der Waals surface area contributed by atoms with Crippen molar-refractivity contribution in [1.29, 1.82) is 0 Å². The van der Waals surface area contributed by atoms with Gasteiger partial charge in [-0.3, -0.25) is 4.98 Å². The molecule has 0 radical (unpaired) electrons. The average Bonchev–Trinajstić information content (AvgIpc) is 2.54. The normalized spacial score (nSPS) is 27.9. The van der Waals surface area contributed by atoms with Gasteiger partial charge in [0.25, 0.3) is 0 Å². The summed E-state index contributed by atoms with van der Waals surface area (Å²) in [6.45, 7) is 2.21. The Hall–Kier alpha value is -0.930. The van der Waals surface area contributed by atoms with Crippen molar-refractivity contribution in [2.24, 2.45) is 11.1 Å². The van der Waals surface area contributed by atoms with Gasteiger partial charge in [0.1, 0.15) is 0 Å². The smallest absolute Gasteiger partial charge is 0.0360 e. The monoisotopic (exact) mass is 203 g/mol. The molecule has 0 saturated carbocycles. The van der Waals surface area contributed by atoms with Gasteiger partial charge >= 0.3 is 0 Å². The standard InChI is InChI=1S/C12H17N3/c13-11-10-1-4-15-8-9(10)7-12(11)2-5-14-6-3-12/h1,4,8,11,14H,2-3,5-7,13H2. The molecule has 3 heteroatoms. The zero-order chi connectivity index (χ0) is 10.3. The summed E-state index contributed by atoms with van der Waals surface area (Å²) in [5, 5.41) is 3.41. The van der Waals surface area contributed by atoms with Gasteiger partial charge in [0, 0.05) is 18.4 Å². The average molecular weight is 203 g/mol. The van der Waals surface area contributed by atoms with Crippen molar-refractivity contribution in [3.63, 3.8) is 0 Å².